The Morgan fingerprint density at radius 1 is 1.21 bits per heavy atom. The van der Waals surface area contributed by atoms with E-state index in [0.717, 1.165) is 23.0 Å². The zero-order valence-corrected chi connectivity index (χ0v) is 11.8. The monoisotopic (exact) mass is 275 g/mol. The molecule has 1 aromatic heterocycles. The molecule has 1 heterocycles. The number of halogens is 1. The van der Waals surface area contributed by atoms with Crippen LogP contribution in [0.25, 0.3) is 10.9 Å². The highest BCUT2D eigenvalue weighted by Gasteiger charge is 2.33. The molecule has 19 heavy (non-hydrogen) atoms. The maximum absolute atomic E-state index is 12.2. The molecule has 0 fully saturated rings. The van der Waals surface area contributed by atoms with Gasteiger partial charge in [0.05, 0.1) is 22.5 Å². The number of anilines is 1. The largest absolute Gasteiger partial charge is 1.00 e. The van der Waals surface area contributed by atoms with Crippen LogP contribution >= 0.6 is 0 Å². The van der Waals surface area contributed by atoms with Gasteiger partial charge < -0.3 is 18.1 Å². The molecule has 1 aliphatic rings. The number of carbonyl (C=O) groups excluding carboxylic acids is 1. The molecule has 3 nitrogen and oxygen atoms in total. The molecule has 4 heteroatoms. The third kappa shape index (κ3) is 2.19. The highest BCUT2D eigenvalue weighted by atomic mass is 35.5. The van der Waals surface area contributed by atoms with Crippen molar-refractivity contribution in [2.75, 3.05) is 5.73 Å². The van der Waals surface area contributed by atoms with E-state index in [9.17, 15) is 4.79 Å². The predicted octanol–water partition coefficient (Wildman–Crippen LogP) is -0.0239. The fraction of sp³-hybridized carbons (Fsp3) is 0.333. The van der Waals surface area contributed by atoms with E-state index in [4.69, 9.17) is 5.73 Å². The highest BCUT2D eigenvalue weighted by molar-refractivity contribution is 6.09. The van der Waals surface area contributed by atoms with Gasteiger partial charge in [0.2, 0.25) is 0 Å². The first-order valence-electron chi connectivity index (χ1n) is 6.18. The van der Waals surface area contributed by atoms with Gasteiger partial charge in [-0.05, 0) is 17.9 Å². The Labute approximate surface area is 118 Å². The molecule has 0 saturated carbocycles. The van der Waals surface area contributed by atoms with Crippen molar-refractivity contribution >= 4 is 22.4 Å². The van der Waals surface area contributed by atoms with E-state index in [1.165, 1.54) is 0 Å². The van der Waals surface area contributed by atoms with Crippen LogP contribution in [-0.2, 0) is 6.42 Å². The third-order valence-corrected chi connectivity index (χ3v) is 3.57. The second-order valence-electron chi connectivity index (χ2n) is 5.81. The van der Waals surface area contributed by atoms with E-state index in [-0.39, 0.29) is 23.6 Å². The molecule has 0 aliphatic heterocycles. The molecule has 0 atom stereocenters. The molecule has 0 amide bonds. The molecule has 0 saturated heterocycles. The van der Waals surface area contributed by atoms with Gasteiger partial charge in [-0.3, -0.25) is 9.78 Å². The maximum Gasteiger partial charge on any atom is 0.167 e. The highest BCUT2D eigenvalue weighted by Crippen LogP contribution is 2.38. The van der Waals surface area contributed by atoms with Crippen LogP contribution < -0.4 is 18.1 Å². The van der Waals surface area contributed by atoms with Crippen molar-refractivity contribution in [3.05, 3.63) is 35.5 Å². The van der Waals surface area contributed by atoms with Crippen LogP contribution in [0.2, 0.25) is 0 Å². The minimum Gasteiger partial charge on any atom is -1.00 e. The summed E-state index contributed by atoms with van der Waals surface area (Å²) in [5.41, 5.74) is 9.10. The summed E-state index contributed by atoms with van der Waals surface area (Å²) in [5, 5.41) is 0.879. The minimum absolute atomic E-state index is 0. The van der Waals surface area contributed by atoms with E-state index in [0.29, 0.717) is 17.7 Å². The number of carbonyl (C=O) groups is 1. The van der Waals surface area contributed by atoms with E-state index < -0.39 is 0 Å². The molecular weight excluding hydrogens is 260 g/mol. The van der Waals surface area contributed by atoms with Gasteiger partial charge in [0, 0.05) is 11.8 Å². The SMILES string of the molecule is CC1(C)CC(=O)c2c(nc3ccccc3c2N)C1.[Cl-]. The number of nitrogens with zero attached hydrogens (tertiary/aromatic N) is 1. The summed E-state index contributed by atoms with van der Waals surface area (Å²) in [4.78, 5) is 16.9. The second kappa shape index (κ2) is 4.49. The summed E-state index contributed by atoms with van der Waals surface area (Å²) in [6.45, 7) is 4.20. The van der Waals surface area contributed by atoms with Gasteiger partial charge >= 0.3 is 0 Å². The smallest absolute Gasteiger partial charge is 0.167 e. The Balaban J connectivity index is 0.00000133. The van der Waals surface area contributed by atoms with Crippen molar-refractivity contribution in [3.63, 3.8) is 0 Å². The number of hydrogen-bond acceptors (Lipinski definition) is 3. The number of aromatic nitrogens is 1. The van der Waals surface area contributed by atoms with Crippen molar-refractivity contribution in [3.8, 4) is 0 Å². The van der Waals surface area contributed by atoms with Gasteiger partial charge in [0.15, 0.2) is 5.78 Å². The van der Waals surface area contributed by atoms with Crippen LogP contribution in [-0.4, -0.2) is 10.8 Å². The molecule has 0 spiro atoms. The number of hydrogen-bond donors (Lipinski definition) is 1. The first kappa shape index (κ1) is 13.8. The number of para-hydroxylation sites is 1. The van der Waals surface area contributed by atoms with Gasteiger partial charge in [0.1, 0.15) is 0 Å². The van der Waals surface area contributed by atoms with Crippen molar-refractivity contribution in [1.82, 2.24) is 4.98 Å². The first-order chi connectivity index (χ1) is 8.48. The van der Waals surface area contributed by atoms with Crippen LogP contribution in [0.3, 0.4) is 0 Å². The molecule has 1 aliphatic carbocycles. The maximum atomic E-state index is 12.2. The van der Waals surface area contributed by atoms with Crippen molar-refractivity contribution < 1.29 is 17.2 Å². The molecule has 0 radical (unpaired) electrons. The number of rotatable bonds is 0. The van der Waals surface area contributed by atoms with Crippen molar-refractivity contribution in [2.24, 2.45) is 5.41 Å². The first-order valence-corrected chi connectivity index (χ1v) is 6.18. The fourth-order valence-corrected chi connectivity index (χ4v) is 2.77. The number of nitrogen functional groups attached to an aromatic ring is 1. The fourth-order valence-electron chi connectivity index (χ4n) is 2.77. The Kier molecular flexibility index (Phi) is 3.27. The zero-order valence-electron chi connectivity index (χ0n) is 11.0. The van der Waals surface area contributed by atoms with Gasteiger partial charge in [-0.15, -0.1) is 0 Å². The molecular formula is C15H16ClN2O-. The lowest BCUT2D eigenvalue weighted by Gasteiger charge is -2.30. The van der Waals surface area contributed by atoms with E-state index in [1.54, 1.807) is 0 Å². The third-order valence-electron chi connectivity index (χ3n) is 3.57. The van der Waals surface area contributed by atoms with Gasteiger partial charge in [-0.2, -0.15) is 0 Å². The van der Waals surface area contributed by atoms with Crippen LogP contribution in [0, 0.1) is 5.41 Å². The Hall–Kier alpha value is -1.61. The van der Waals surface area contributed by atoms with Crippen LogP contribution in [0.4, 0.5) is 5.69 Å². The summed E-state index contributed by atoms with van der Waals surface area (Å²) >= 11 is 0. The van der Waals surface area contributed by atoms with Crippen molar-refractivity contribution in [2.45, 2.75) is 26.7 Å². The lowest BCUT2D eigenvalue weighted by atomic mass is 9.75. The van der Waals surface area contributed by atoms with Crippen LogP contribution in [0.15, 0.2) is 24.3 Å². The minimum atomic E-state index is -0.0218. The summed E-state index contributed by atoms with van der Waals surface area (Å²) in [6, 6.07) is 7.73. The van der Waals surface area contributed by atoms with Crippen LogP contribution in [0.1, 0.15) is 36.3 Å². The molecule has 2 N–H and O–H groups in total. The van der Waals surface area contributed by atoms with E-state index >= 15 is 0 Å². The van der Waals surface area contributed by atoms with E-state index in [1.807, 2.05) is 24.3 Å². The lowest BCUT2D eigenvalue weighted by molar-refractivity contribution is -0.0000143. The quantitative estimate of drug-likeness (QED) is 0.735. The van der Waals surface area contributed by atoms with Gasteiger partial charge in [-0.25, -0.2) is 0 Å². The lowest BCUT2D eigenvalue weighted by Crippen LogP contribution is -3.00. The Morgan fingerprint density at radius 3 is 2.63 bits per heavy atom. The number of pyridine rings is 1. The normalized spacial score (nSPS) is 16.8. The Bertz CT molecular complexity index is 664. The summed E-state index contributed by atoms with van der Waals surface area (Å²) < 4.78 is 0. The van der Waals surface area contributed by atoms with Gasteiger partial charge in [0.25, 0.3) is 0 Å². The molecule has 3 rings (SSSR count). The average Bonchev–Trinajstić information content (AvgIpc) is 2.26. The zero-order chi connectivity index (χ0) is 12.9. The number of fused-ring (bicyclic) bond motifs is 2. The number of Topliss-reactive ketones (excluding diaryl/α,β-unsaturated/α-hetero) is 1. The average molecular weight is 276 g/mol. The molecule has 0 unspecified atom stereocenters. The number of ketones is 1. The standard InChI is InChI=1S/C15H16N2O.ClH/c1-15(2)7-11-13(12(18)8-15)14(16)9-5-3-4-6-10(9)17-11;/h3-6H,7-8H2,1-2H3,(H2,16,17);1H/p-1. The topological polar surface area (TPSA) is 56.0 Å². The number of benzene rings is 1. The summed E-state index contributed by atoms with van der Waals surface area (Å²) in [5.74, 6) is 0.122. The van der Waals surface area contributed by atoms with Crippen molar-refractivity contribution in [1.29, 1.82) is 0 Å². The Morgan fingerprint density at radius 2 is 1.89 bits per heavy atom. The summed E-state index contributed by atoms with van der Waals surface area (Å²) in [7, 11) is 0. The molecule has 2 aromatic rings. The van der Waals surface area contributed by atoms with E-state index in [2.05, 4.69) is 18.8 Å². The second-order valence-corrected chi connectivity index (χ2v) is 5.81. The predicted molar refractivity (Wildman–Crippen MR) is 72.6 cm³/mol. The molecule has 100 valence electrons. The number of nitrogens with two attached hydrogens (primary N) is 1. The molecule has 0 bridgehead atoms. The molecule has 1 aromatic carbocycles. The van der Waals surface area contributed by atoms with Crippen LogP contribution in [0.5, 0.6) is 0 Å². The van der Waals surface area contributed by atoms with Gasteiger partial charge in [-0.1, -0.05) is 32.0 Å². The summed E-state index contributed by atoms with van der Waals surface area (Å²) in [6.07, 6.45) is 1.35.